The summed E-state index contributed by atoms with van der Waals surface area (Å²) in [7, 11) is 0. The summed E-state index contributed by atoms with van der Waals surface area (Å²) in [5.41, 5.74) is 4.88. The smallest absolute Gasteiger partial charge is 0.281 e. The van der Waals surface area contributed by atoms with Gasteiger partial charge in [0, 0.05) is 5.56 Å². The fourth-order valence-electron chi connectivity index (χ4n) is 3.55. The van der Waals surface area contributed by atoms with Crippen molar-refractivity contribution in [1.82, 2.24) is 0 Å². The summed E-state index contributed by atoms with van der Waals surface area (Å²) in [5, 5.41) is 12.4. The summed E-state index contributed by atoms with van der Waals surface area (Å²) in [5.74, 6) is -0.723. The minimum atomic E-state index is -0.381. The molecule has 0 radical (unpaired) electrons. The van der Waals surface area contributed by atoms with Gasteiger partial charge in [-0.3, -0.25) is 4.79 Å². The van der Waals surface area contributed by atoms with Crippen LogP contribution in [-0.2, 0) is 29.1 Å². The van der Waals surface area contributed by atoms with Gasteiger partial charge in [0.2, 0.25) is 0 Å². The standard InChI is InChI=1S/C19H17FN2O3/c1-11-2-3-17-16(6-11)18(21-24)19(23)22(17)9-12-7-14(20)8-13-10-25-5-4-15(12)13/h2-3,6-8,24H,4-5,9-10H2,1H3/b21-18-. The van der Waals surface area contributed by atoms with Gasteiger partial charge in [0.1, 0.15) is 5.82 Å². The van der Waals surface area contributed by atoms with Crippen LogP contribution < -0.4 is 4.90 Å². The van der Waals surface area contributed by atoms with Crippen LogP contribution in [-0.4, -0.2) is 23.4 Å². The van der Waals surface area contributed by atoms with Crippen LogP contribution in [0.25, 0.3) is 0 Å². The Morgan fingerprint density at radius 1 is 1.32 bits per heavy atom. The first kappa shape index (κ1) is 15.8. The maximum Gasteiger partial charge on any atom is 0.281 e. The van der Waals surface area contributed by atoms with E-state index in [1.807, 2.05) is 25.1 Å². The number of aryl methyl sites for hydroxylation is 1. The first-order valence-electron chi connectivity index (χ1n) is 8.11. The second-order valence-electron chi connectivity index (χ2n) is 6.37. The van der Waals surface area contributed by atoms with E-state index in [1.165, 1.54) is 17.0 Å². The minimum Gasteiger partial charge on any atom is -0.410 e. The second kappa shape index (κ2) is 5.97. The molecule has 2 aromatic rings. The maximum atomic E-state index is 14.0. The van der Waals surface area contributed by atoms with Crippen molar-refractivity contribution in [3.63, 3.8) is 0 Å². The molecule has 0 saturated heterocycles. The summed E-state index contributed by atoms with van der Waals surface area (Å²) in [6.45, 7) is 3.10. The Balaban J connectivity index is 1.78. The predicted octanol–water partition coefficient (Wildman–Crippen LogP) is 2.93. The number of halogens is 1. The van der Waals surface area contributed by atoms with Crippen LogP contribution in [0.1, 0.15) is 27.8 Å². The van der Waals surface area contributed by atoms with E-state index in [9.17, 15) is 14.4 Å². The van der Waals surface area contributed by atoms with Crippen molar-refractivity contribution in [2.75, 3.05) is 11.5 Å². The van der Waals surface area contributed by atoms with Crippen molar-refractivity contribution in [3.8, 4) is 0 Å². The summed E-state index contributed by atoms with van der Waals surface area (Å²) >= 11 is 0. The molecule has 5 nitrogen and oxygen atoms in total. The molecule has 25 heavy (non-hydrogen) atoms. The fourth-order valence-corrected chi connectivity index (χ4v) is 3.55. The SMILES string of the molecule is Cc1ccc2c(c1)/C(=N/O)C(=O)N2Cc1cc(F)cc2c1CCOC2. The summed E-state index contributed by atoms with van der Waals surface area (Å²) in [4.78, 5) is 14.2. The van der Waals surface area contributed by atoms with Crippen LogP contribution in [0.3, 0.4) is 0 Å². The molecule has 1 N–H and O–H groups in total. The van der Waals surface area contributed by atoms with Crippen LogP contribution in [0.2, 0.25) is 0 Å². The van der Waals surface area contributed by atoms with Gasteiger partial charge >= 0.3 is 0 Å². The molecule has 0 bridgehead atoms. The molecule has 128 valence electrons. The molecule has 2 aliphatic rings. The molecule has 2 aliphatic heterocycles. The Hall–Kier alpha value is -2.73. The summed E-state index contributed by atoms with van der Waals surface area (Å²) < 4.78 is 19.4. The molecule has 2 heterocycles. The number of amides is 1. The Morgan fingerprint density at radius 3 is 2.96 bits per heavy atom. The number of ether oxygens (including phenoxy) is 1. The van der Waals surface area contributed by atoms with Gasteiger partial charge in [-0.1, -0.05) is 16.8 Å². The molecule has 6 heteroatoms. The molecular formula is C19H17FN2O3. The normalized spacial score (nSPS) is 17.8. The van der Waals surface area contributed by atoms with Crippen molar-refractivity contribution in [2.24, 2.45) is 5.16 Å². The van der Waals surface area contributed by atoms with Gasteiger partial charge in [-0.25, -0.2) is 4.39 Å². The van der Waals surface area contributed by atoms with Crippen molar-refractivity contribution in [3.05, 3.63) is 64.0 Å². The molecule has 0 fully saturated rings. The minimum absolute atomic E-state index is 0.0207. The molecular weight excluding hydrogens is 323 g/mol. The zero-order valence-electron chi connectivity index (χ0n) is 13.8. The number of nitrogens with zero attached hydrogens (tertiary/aromatic N) is 2. The highest BCUT2D eigenvalue weighted by Crippen LogP contribution is 2.33. The largest absolute Gasteiger partial charge is 0.410 e. The molecule has 2 aromatic carbocycles. The molecule has 0 saturated carbocycles. The highest BCUT2D eigenvalue weighted by atomic mass is 19.1. The van der Waals surface area contributed by atoms with E-state index in [1.54, 1.807) is 0 Å². The molecule has 0 spiro atoms. The van der Waals surface area contributed by atoms with Crippen molar-refractivity contribution >= 4 is 17.3 Å². The van der Waals surface area contributed by atoms with E-state index in [4.69, 9.17) is 4.74 Å². The molecule has 4 rings (SSSR count). The Bertz CT molecular complexity index is 908. The van der Waals surface area contributed by atoms with E-state index >= 15 is 0 Å². The number of anilines is 1. The lowest BCUT2D eigenvalue weighted by Gasteiger charge is -2.23. The fraction of sp³-hybridized carbons (Fsp3) is 0.263. The zero-order chi connectivity index (χ0) is 17.6. The maximum absolute atomic E-state index is 14.0. The molecule has 0 aromatic heterocycles. The number of carbonyl (C=O) groups is 1. The zero-order valence-corrected chi connectivity index (χ0v) is 13.8. The van der Waals surface area contributed by atoms with E-state index in [2.05, 4.69) is 5.16 Å². The molecule has 0 unspecified atom stereocenters. The number of fused-ring (bicyclic) bond motifs is 2. The van der Waals surface area contributed by atoms with E-state index in [0.717, 1.165) is 22.3 Å². The first-order valence-corrected chi connectivity index (χ1v) is 8.11. The number of hydrogen-bond donors (Lipinski definition) is 1. The molecule has 0 aliphatic carbocycles. The quantitative estimate of drug-likeness (QED) is 0.675. The van der Waals surface area contributed by atoms with Gasteiger partial charge < -0.3 is 14.8 Å². The lowest BCUT2D eigenvalue weighted by molar-refractivity contribution is -0.112. The number of rotatable bonds is 2. The van der Waals surface area contributed by atoms with Gasteiger partial charge in [-0.2, -0.15) is 0 Å². The third-order valence-electron chi connectivity index (χ3n) is 4.73. The van der Waals surface area contributed by atoms with Gasteiger partial charge in [0.05, 0.1) is 25.4 Å². The van der Waals surface area contributed by atoms with Gasteiger partial charge in [0.25, 0.3) is 5.91 Å². The van der Waals surface area contributed by atoms with Gasteiger partial charge in [-0.15, -0.1) is 0 Å². The summed E-state index contributed by atoms with van der Waals surface area (Å²) in [6, 6.07) is 8.50. The van der Waals surface area contributed by atoms with Crippen LogP contribution in [0.4, 0.5) is 10.1 Å². The topological polar surface area (TPSA) is 62.1 Å². The predicted molar refractivity (Wildman–Crippen MR) is 90.5 cm³/mol. The van der Waals surface area contributed by atoms with E-state index in [-0.39, 0.29) is 24.0 Å². The number of hydrogen-bond acceptors (Lipinski definition) is 4. The van der Waals surface area contributed by atoms with Crippen LogP contribution in [0.15, 0.2) is 35.5 Å². The second-order valence-corrected chi connectivity index (χ2v) is 6.37. The third-order valence-corrected chi connectivity index (χ3v) is 4.73. The lowest BCUT2D eigenvalue weighted by Crippen LogP contribution is -2.30. The number of benzene rings is 2. The van der Waals surface area contributed by atoms with Crippen LogP contribution in [0.5, 0.6) is 0 Å². The monoisotopic (exact) mass is 340 g/mol. The van der Waals surface area contributed by atoms with E-state index in [0.29, 0.717) is 30.9 Å². The molecule has 1 amide bonds. The van der Waals surface area contributed by atoms with Crippen LogP contribution in [0, 0.1) is 12.7 Å². The van der Waals surface area contributed by atoms with Crippen LogP contribution >= 0.6 is 0 Å². The van der Waals surface area contributed by atoms with E-state index < -0.39 is 0 Å². The number of carbonyl (C=O) groups excluding carboxylic acids is 1. The summed E-state index contributed by atoms with van der Waals surface area (Å²) in [6.07, 6.45) is 0.689. The van der Waals surface area contributed by atoms with Crippen molar-refractivity contribution < 1.29 is 19.1 Å². The van der Waals surface area contributed by atoms with Gasteiger partial charge in [-0.05, 0) is 54.3 Å². The van der Waals surface area contributed by atoms with Crippen molar-refractivity contribution in [2.45, 2.75) is 26.5 Å². The van der Waals surface area contributed by atoms with Crippen molar-refractivity contribution in [1.29, 1.82) is 0 Å². The Kier molecular flexibility index (Phi) is 3.77. The number of oxime groups is 1. The Morgan fingerprint density at radius 2 is 2.16 bits per heavy atom. The first-order chi connectivity index (χ1) is 12.1. The van der Waals surface area contributed by atoms with Gasteiger partial charge in [0.15, 0.2) is 5.71 Å². The highest BCUT2D eigenvalue weighted by Gasteiger charge is 2.35. The molecule has 0 atom stereocenters. The Labute approximate surface area is 144 Å². The average molecular weight is 340 g/mol. The highest BCUT2D eigenvalue weighted by molar-refractivity contribution is 6.54. The third kappa shape index (κ3) is 2.59. The average Bonchev–Trinajstić information content (AvgIpc) is 2.85. The lowest BCUT2D eigenvalue weighted by atomic mass is 9.96.